The summed E-state index contributed by atoms with van der Waals surface area (Å²) in [7, 11) is -3.95. The maximum Gasteiger partial charge on any atom is 0.293 e. The first-order chi connectivity index (χ1) is 11.3. The molecule has 0 aromatic heterocycles. The zero-order valence-electron chi connectivity index (χ0n) is 14.1. The van der Waals surface area contributed by atoms with E-state index in [-0.39, 0.29) is 11.2 Å². The molecule has 1 aromatic carbocycles. The Balaban J connectivity index is 2.23. The minimum Gasteiger partial charge on any atom is -0.468 e. The summed E-state index contributed by atoms with van der Waals surface area (Å²) in [5, 5.41) is 0. The number of para-hydroxylation sites is 1. The first kappa shape index (κ1) is 18.6. The third kappa shape index (κ3) is 4.02. The first-order valence-electron chi connectivity index (χ1n) is 8.01. The van der Waals surface area contributed by atoms with Crippen molar-refractivity contribution in [2.75, 3.05) is 18.9 Å². The lowest BCUT2D eigenvalue weighted by Gasteiger charge is -2.21. The number of rotatable bonds is 9. The highest BCUT2D eigenvalue weighted by atomic mass is 32.2. The van der Waals surface area contributed by atoms with Gasteiger partial charge in [0.2, 0.25) is 5.69 Å². The highest BCUT2D eigenvalue weighted by Crippen LogP contribution is 2.42. The highest BCUT2D eigenvalue weighted by molar-refractivity contribution is 7.85. The standard InChI is InChI=1S/C17H23NO5S/c1-14-17(2,9-5-11-23-13-19)15-7-3-4-8-16(15)18(14)10-6-12-24(20,21)22/h3-4,7-8,13H,5-6,9-12H2,1-2H3/p+1. The molecule has 24 heavy (non-hydrogen) atoms. The van der Waals surface area contributed by atoms with Crippen molar-refractivity contribution in [3.05, 3.63) is 29.8 Å². The number of hydrogen-bond donors (Lipinski definition) is 1. The lowest BCUT2D eigenvalue weighted by molar-refractivity contribution is -0.438. The molecule has 1 aliphatic rings. The molecule has 1 aliphatic heterocycles. The molecule has 0 amide bonds. The van der Waals surface area contributed by atoms with Crippen molar-refractivity contribution in [1.29, 1.82) is 0 Å². The summed E-state index contributed by atoms with van der Waals surface area (Å²) >= 11 is 0. The van der Waals surface area contributed by atoms with E-state index in [0.29, 0.717) is 26.0 Å². The number of benzene rings is 1. The molecule has 0 bridgehead atoms. The van der Waals surface area contributed by atoms with Crippen LogP contribution in [0.4, 0.5) is 5.69 Å². The predicted octanol–water partition coefficient (Wildman–Crippen LogP) is 2.29. The summed E-state index contributed by atoms with van der Waals surface area (Å²) in [6.07, 6.45) is 1.94. The molecule has 1 unspecified atom stereocenters. The minimum absolute atomic E-state index is 0.180. The fourth-order valence-electron chi connectivity index (χ4n) is 3.42. The molecule has 1 atom stereocenters. The van der Waals surface area contributed by atoms with E-state index in [2.05, 4.69) is 17.6 Å². The van der Waals surface area contributed by atoms with Crippen molar-refractivity contribution >= 4 is 28.0 Å². The minimum atomic E-state index is -3.95. The molecule has 2 rings (SSSR count). The van der Waals surface area contributed by atoms with Gasteiger partial charge in [-0.3, -0.25) is 9.35 Å². The maximum atomic E-state index is 11.0. The van der Waals surface area contributed by atoms with Gasteiger partial charge in [-0.1, -0.05) is 18.2 Å². The Morgan fingerprint density at radius 1 is 1.29 bits per heavy atom. The van der Waals surface area contributed by atoms with Crippen molar-refractivity contribution in [3.63, 3.8) is 0 Å². The summed E-state index contributed by atoms with van der Waals surface area (Å²) in [4.78, 5) is 10.3. The average Bonchev–Trinajstić information content (AvgIpc) is 2.73. The second kappa shape index (κ2) is 7.44. The van der Waals surface area contributed by atoms with Crippen LogP contribution in [0.2, 0.25) is 0 Å². The van der Waals surface area contributed by atoms with Gasteiger partial charge in [-0.2, -0.15) is 13.0 Å². The third-order valence-electron chi connectivity index (χ3n) is 4.78. The first-order valence-corrected chi connectivity index (χ1v) is 9.62. The Kier molecular flexibility index (Phi) is 5.77. The van der Waals surface area contributed by atoms with Gasteiger partial charge >= 0.3 is 0 Å². The quantitative estimate of drug-likeness (QED) is 0.318. The van der Waals surface area contributed by atoms with E-state index >= 15 is 0 Å². The van der Waals surface area contributed by atoms with Crippen LogP contribution in [0.5, 0.6) is 0 Å². The lowest BCUT2D eigenvalue weighted by atomic mass is 9.76. The van der Waals surface area contributed by atoms with Gasteiger partial charge in [0, 0.05) is 25.0 Å². The lowest BCUT2D eigenvalue weighted by Crippen LogP contribution is -2.31. The monoisotopic (exact) mass is 354 g/mol. The van der Waals surface area contributed by atoms with Gasteiger partial charge in [0.15, 0.2) is 5.71 Å². The van der Waals surface area contributed by atoms with Crippen LogP contribution in [0.3, 0.4) is 0 Å². The van der Waals surface area contributed by atoms with Crippen molar-refractivity contribution in [2.24, 2.45) is 0 Å². The predicted molar refractivity (Wildman–Crippen MR) is 91.5 cm³/mol. The smallest absolute Gasteiger partial charge is 0.293 e. The van der Waals surface area contributed by atoms with Crippen LogP contribution in [0.25, 0.3) is 0 Å². The molecule has 0 aliphatic carbocycles. The Morgan fingerprint density at radius 2 is 2.00 bits per heavy atom. The van der Waals surface area contributed by atoms with Crippen molar-refractivity contribution in [2.45, 2.75) is 38.5 Å². The van der Waals surface area contributed by atoms with Crippen LogP contribution in [0.1, 0.15) is 38.7 Å². The van der Waals surface area contributed by atoms with Gasteiger partial charge in [0.25, 0.3) is 16.6 Å². The number of nitrogens with zero attached hydrogens (tertiary/aromatic N) is 1. The van der Waals surface area contributed by atoms with Gasteiger partial charge in [-0.25, -0.2) is 0 Å². The van der Waals surface area contributed by atoms with Gasteiger partial charge in [-0.05, 0) is 19.8 Å². The zero-order valence-corrected chi connectivity index (χ0v) is 14.9. The number of ether oxygens (including phenoxy) is 1. The largest absolute Gasteiger partial charge is 0.468 e. The maximum absolute atomic E-state index is 11.0. The number of fused-ring (bicyclic) bond motifs is 1. The van der Waals surface area contributed by atoms with E-state index < -0.39 is 10.1 Å². The van der Waals surface area contributed by atoms with E-state index in [1.807, 2.05) is 25.1 Å². The Hall–Kier alpha value is -1.73. The summed E-state index contributed by atoms with van der Waals surface area (Å²) in [5.74, 6) is -0.247. The molecule has 1 N–H and O–H groups in total. The molecule has 1 heterocycles. The van der Waals surface area contributed by atoms with Crippen LogP contribution >= 0.6 is 0 Å². The summed E-state index contributed by atoms with van der Waals surface area (Å²) in [5.41, 5.74) is 3.23. The molecule has 6 nitrogen and oxygen atoms in total. The van der Waals surface area contributed by atoms with Gasteiger partial charge in [0.05, 0.1) is 17.8 Å². The fourth-order valence-corrected chi connectivity index (χ4v) is 3.91. The van der Waals surface area contributed by atoms with Crippen LogP contribution in [-0.4, -0.2) is 48.6 Å². The third-order valence-corrected chi connectivity index (χ3v) is 5.59. The molecule has 0 saturated carbocycles. The average molecular weight is 354 g/mol. The summed E-state index contributed by atoms with van der Waals surface area (Å²) in [6.45, 7) is 5.59. The number of carbonyl (C=O) groups excluding carboxylic acids is 1. The summed E-state index contributed by atoms with van der Waals surface area (Å²) in [6, 6.07) is 8.07. The highest BCUT2D eigenvalue weighted by Gasteiger charge is 2.45. The fraction of sp³-hybridized carbons (Fsp3) is 0.529. The zero-order chi connectivity index (χ0) is 17.8. The molecule has 0 fully saturated rings. The Morgan fingerprint density at radius 3 is 2.67 bits per heavy atom. The van der Waals surface area contributed by atoms with Crippen molar-refractivity contribution < 1.29 is 27.1 Å². The second-order valence-electron chi connectivity index (χ2n) is 6.30. The normalized spacial score (nSPS) is 20.1. The molecule has 0 spiro atoms. The topological polar surface area (TPSA) is 83.7 Å². The van der Waals surface area contributed by atoms with E-state index in [0.717, 1.165) is 24.2 Å². The van der Waals surface area contributed by atoms with Crippen LogP contribution < -0.4 is 0 Å². The molecule has 0 saturated heterocycles. The molecule has 7 heteroatoms. The molecular weight excluding hydrogens is 330 g/mol. The van der Waals surface area contributed by atoms with E-state index in [1.54, 1.807) is 0 Å². The molecular formula is C17H24NO5S+. The van der Waals surface area contributed by atoms with E-state index in [1.165, 1.54) is 5.56 Å². The van der Waals surface area contributed by atoms with Crippen LogP contribution in [-0.2, 0) is 25.1 Å². The Bertz CT molecular complexity index is 741. The van der Waals surface area contributed by atoms with E-state index in [9.17, 15) is 13.2 Å². The number of carbonyl (C=O) groups is 1. The van der Waals surface area contributed by atoms with Crippen LogP contribution in [0, 0.1) is 0 Å². The SMILES string of the molecule is CC1=[N+](CCCS(=O)(=O)O)c2ccccc2C1(C)CCCOC=O. The van der Waals surface area contributed by atoms with E-state index in [4.69, 9.17) is 9.29 Å². The Labute approximate surface area is 142 Å². The van der Waals surface area contributed by atoms with Crippen molar-refractivity contribution in [3.8, 4) is 0 Å². The molecule has 132 valence electrons. The molecule has 0 radical (unpaired) electrons. The summed E-state index contributed by atoms with van der Waals surface area (Å²) < 4.78 is 37.7. The van der Waals surface area contributed by atoms with Crippen molar-refractivity contribution in [1.82, 2.24) is 0 Å². The number of hydrogen-bond acceptors (Lipinski definition) is 4. The van der Waals surface area contributed by atoms with Crippen LogP contribution in [0.15, 0.2) is 24.3 Å². The van der Waals surface area contributed by atoms with Gasteiger partial charge in [-0.15, -0.1) is 0 Å². The van der Waals surface area contributed by atoms with Gasteiger partial charge in [0.1, 0.15) is 6.54 Å². The molecule has 1 aromatic rings. The second-order valence-corrected chi connectivity index (χ2v) is 7.87. The van der Waals surface area contributed by atoms with Gasteiger partial charge < -0.3 is 4.74 Å².